The maximum absolute atomic E-state index is 12.7. The molecule has 2 atom stereocenters. The molecule has 1 aliphatic rings. The van der Waals surface area contributed by atoms with Crippen molar-refractivity contribution < 1.29 is 13.2 Å². The lowest BCUT2D eigenvalue weighted by Crippen LogP contribution is -2.49. The van der Waals surface area contributed by atoms with Crippen molar-refractivity contribution in [3.63, 3.8) is 0 Å². The van der Waals surface area contributed by atoms with Gasteiger partial charge in [-0.2, -0.15) is 17.0 Å². The molecule has 1 saturated heterocycles. The van der Waals surface area contributed by atoms with Crippen LogP contribution in [-0.4, -0.2) is 49.6 Å². The second-order valence-corrected chi connectivity index (χ2v) is 8.98. The number of nitrogens with one attached hydrogen (secondary N) is 1. The van der Waals surface area contributed by atoms with Crippen LogP contribution in [0.4, 0.5) is 5.69 Å². The molecule has 0 saturated carbocycles. The van der Waals surface area contributed by atoms with Gasteiger partial charge in [-0.15, -0.1) is 0 Å². The van der Waals surface area contributed by atoms with Gasteiger partial charge in [0.25, 0.3) is 10.2 Å². The van der Waals surface area contributed by atoms with Crippen LogP contribution in [0.2, 0.25) is 0 Å². The van der Waals surface area contributed by atoms with Gasteiger partial charge in [0.05, 0.1) is 6.54 Å². The second-order valence-electron chi connectivity index (χ2n) is 6.94. The van der Waals surface area contributed by atoms with Crippen LogP contribution in [0.5, 0.6) is 0 Å². The molecule has 0 radical (unpaired) electrons. The largest absolute Gasteiger partial charge is 0.325 e. The summed E-state index contributed by atoms with van der Waals surface area (Å²) in [6.45, 7) is 6.90. The Morgan fingerprint density at radius 1 is 1.21 bits per heavy atom. The van der Waals surface area contributed by atoms with Gasteiger partial charge in [-0.25, -0.2) is 0 Å². The molecule has 134 valence electrons. The number of nitrogens with zero attached hydrogens (tertiary/aromatic N) is 2. The first-order valence-electron chi connectivity index (χ1n) is 8.26. The van der Waals surface area contributed by atoms with Crippen LogP contribution in [0.1, 0.15) is 25.8 Å². The molecular weight excluding hydrogens is 326 g/mol. The molecule has 24 heavy (non-hydrogen) atoms. The fraction of sp³-hybridized carbons (Fsp3) is 0.588. The lowest BCUT2D eigenvalue weighted by Gasteiger charge is -2.36. The Bertz CT molecular complexity index is 663. The molecule has 0 spiro atoms. The van der Waals surface area contributed by atoms with Gasteiger partial charge in [-0.3, -0.25) is 4.79 Å². The van der Waals surface area contributed by atoms with Gasteiger partial charge in [0, 0.05) is 25.8 Å². The third-order valence-corrected chi connectivity index (χ3v) is 6.12. The summed E-state index contributed by atoms with van der Waals surface area (Å²) in [5.41, 5.74) is 1.76. The zero-order valence-electron chi connectivity index (χ0n) is 14.8. The molecule has 2 rings (SSSR count). The van der Waals surface area contributed by atoms with E-state index in [4.69, 9.17) is 0 Å². The highest BCUT2D eigenvalue weighted by Gasteiger charge is 2.33. The van der Waals surface area contributed by atoms with E-state index in [2.05, 4.69) is 19.2 Å². The summed E-state index contributed by atoms with van der Waals surface area (Å²) >= 11 is 0. The van der Waals surface area contributed by atoms with Gasteiger partial charge in [-0.05, 0) is 37.3 Å². The minimum absolute atomic E-state index is 0.199. The first-order valence-corrected chi connectivity index (χ1v) is 9.66. The highest BCUT2D eigenvalue weighted by atomic mass is 32.2. The summed E-state index contributed by atoms with van der Waals surface area (Å²) in [5, 5.41) is 2.73. The molecule has 6 nitrogen and oxygen atoms in total. The maximum Gasteiger partial charge on any atom is 0.282 e. The predicted octanol–water partition coefficient (Wildman–Crippen LogP) is 2.09. The number of carbonyl (C=O) groups excluding carboxylic acids is 1. The molecule has 0 bridgehead atoms. The molecule has 1 heterocycles. The van der Waals surface area contributed by atoms with Gasteiger partial charge in [0.1, 0.15) is 0 Å². The van der Waals surface area contributed by atoms with Crippen molar-refractivity contribution in [2.24, 2.45) is 11.8 Å². The van der Waals surface area contributed by atoms with Crippen LogP contribution >= 0.6 is 0 Å². The Morgan fingerprint density at radius 3 is 2.29 bits per heavy atom. The fourth-order valence-corrected chi connectivity index (χ4v) is 4.67. The van der Waals surface area contributed by atoms with Crippen LogP contribution in [0, 0.1) is 18.8 Å². The molecule has 1 N–H and O–H groups in total. The lowest BCUT2D eigenvalue weighted by molar-refractivity contribution is -0.116. The summed E-state index contributed by atoms with van der Waals surface area (Å²) in [6.07, 6.45) is 1.03. The third-order valence-electron chi connectivity index (χ3n) is 4.26. The standard InChI is InChI=1S/C17H27N3O3S/c1-13-5-7-16(8-6-13)18-17(21)12-19(4)24(22,23)20-10-14(2)9-15(3)11-20/h5-8,14-15H,9-12H2,1-4H3,(H,18,21)/t14-,15-/m0/s1. The predicted molar refractivity (Wildman–Crippen MR) is 95.9 cm³/mol. The van der Waals surface area contributed by atoms with Crippen LogP contribution < -0.4 is 5.32 Å². The summed E-state index contributed by atoms with van der Waals surface area (Å²) in [6, 6.07) is 7.39. The van der Waals surface area contributed by atoms with E-state index in [9.17, 15) is 13.2 Å². The second kappa shape index (κ2) is 7.63. The van der Waals surface area contributed by atoms with E-state index >= 15 is 0 Å². The fourth-order valence-electron chi connectivity index (χ4n) is 3.11. The first-order chi connectivity index (χ1) is 11.2. The molecule has 1 aromatic carbocycles. The summed E-state index contributed by atoms with van der Waals surface area (Å²) < 4.78 is 28.0. The number of benzene rings is 1. The van der Waals surface area contributed by atoms with Crippen LogP contribution in [0.25, 0.3) is 0 Å². The monoisotopic (exact) mass is 353 g/mol. The van der Waals surface area contributed by atoms with Crippen molar-refractivity contribution >= 4 is 21.8 Å². The smallest absolute Gasteiger partial charge is 0.282 e. The minimum atomic E-state index is -3.62. The normalized spacial score (nSPS) is 22.5. The van der Waals surface area contributed by atoms with E-state index in [0.717, 1.165) is 16.3 Å². The molecule has 1 aliphatic heterocycles. The summed E-state index contributed by atoms with van der Waals surface area (Å²) in [5.74, 6) is 0.319. The molecule has 1 aromatic rings. The van der Waals surface area contributed by atoms with Crippen molar-refractivity contribution in [1.82, 2.24) is 8.61 Å². The van der Waals surface area contributed by atoms with E-state index in [1.54, 1.807) is 12.1 Å². The average molecular weight is 353 g/mol. The third kappa shape index (κ3) is 4.78. The van der Waals surface area contributed by atoms with Crippen molar-refractivity contribution in [2.45, 2.75) is 27.2 Å². The summed E-state index contributed by atoms with van der Waals surface area (Å²) in [4.78, 5) is 12.1. The van der Waals surface area contributed by atoms with E-state index in [1.807, 2.05) is 19.1 Å². The number of hydrogen-bond donors (Lipinski definition) is 1. The van der Waals surface area contributed by atoms with Crippen molar-refractivity contribution in [3.8, 4) is 0 Å². The van der Waals surface area contributed by atoms with Gasteiger partial charge in [0.2, 0.25) is 5.91 Å². The van der Waals surface area contributed by atoms with E-state index in [1.165, 1.54) is 11.4 Å². The quantitative estimate of drug-likeness (QED) is 0.881. The number of hydrogen-bond acceptors (Lipinski definition) is 3. The molecule has 1 amide bonds. The van der Waals surface area contributed by atoms with Crippen molar-refractivity contribution in [2.75, 3.05) is 32.0 Å². The Kier molecular flexibility index (Phi) is 6.01. The molecule has 0 aliphatic carbocycles. The molecule has 7 heteroatoms. The van der Waals surface area contributed by atoms with Gasteiger partial charge >= 0.3 is 0 Å². The molecule has 0 unspecified atom stereocenters. The maximum atomic E-state index is 12.7. The lowest BCUT2D eigenvalue weighted by atomic mass is 9.94. The number of anilines is 1. The zero-order valence-corrected chi connectivity index (χ0v) is 15.6. The highest BCUT2D eigenvalue weighted by molar-refractivity contribution is 7.86. The van der Waals surface area contributed by atoms with E-state index in [0.29, 0.717) is 30.6 Å². The number of amides is 1. The average Bonchev–Trinajstić information content (AvgIpc) is 2.48. The molecular formula is C17H27N3O3S. The van der Waals surface area contributed by atoms with Crippen molar-refractivity contribution in [1.29, 1.82) is 0 Å². The van der Waals surface area contributed by atoms with Crippen LogP contribution in [0.3, 0.4) is 0 Å². The van der Waals surface area contributed by atoms with Gasteiger partial charge in [-0.1, -0.05) is 31.5 Å². The summed E-state index contributed by atoms with van der Waals surface area (Å²) in [7, 11) is -2.16. The van der Waals surface area contributed by atoms with Gasteiger partial charge in [0.15, 0.2) is 0 Å². The van der Waals surface area contributed by atoms with Gasteiger partial charge < -0.3 is 5.32 Å². The first kappa shape index (κ1) is 18.9. The van der Waals surface area contributed by atoms with Crippen molar-refractivity contribution in [3.05, 3.63) is 29.8 Å². The Labute approximate surface area is 145 Å². The van der Waals surface area contributed by atoms with E-state index in [-0.39, 0.29) is 12.5 Å². The number of aryl methyl sites for hydroxylation is 1. The SMILES string of the molecule is Cc1ccc(NC(=O)CN(C)S(=O)(=O)N2C[C@@H](C)C[C@H](C)C2)cc1. The van der Waals surface area contributed by atoms with Crippen LogP contribution in [0.15, 0.2) is 24.3 Å². The zero-order chi connectivity index (χ0) is 17.9. The molecule has 0 aromatic heterocycles. The molecule has 1 fully saturated rings. The number of likely N-dealkylation sites (N-methyl/N-ethyl adjacent to an activating group) is 1. The van der Waals surface area contributed by atoms with E-state index < -0.39 is 10.2 Å². The minimum Gasteiger partial charge on any atom is -0.325 e. The number of carbonyl (C=O) groups is 1. The van der Waals surface area contributed by atoms with Crippen LogP contribution in [-0.2, 0) is 15.0 Å². The number of piperidine rings is 1. The Morgan fingerprint density at radius 2 is 1.75 bits per heavy atom. The number of rotatable bonds is 5. The highest BCUT2D eigenvalue weighted by Crippen LogP contribution is 2.24. The Balaban J connectivity index is 1.98. The topological polar surface area (TPSA) is 69.7 Å². The Hall–Kier alpha value is -1.44.